The molecule has 1 rings (SSSR count). The first kappa shape index (κ1) is 14.4. The van der Waals surface area contributed by atoms with E-state index in [9.17, 15) is 13.6 Å². The first-order valence-electron chi connectivity index (χ1n) is 5.39. The van der Waals surface area contributed by atoms with Crippen LogP contribution < -0.4 is 0 Å². The standard InChI is InChI=1S/C12H15ClO3S/c13-9-11(14)4-2-1-3-10-5-7-12(8-6-10)17(15)16/h5-8H,1-4,9H2,(H,15,16)/p-1. The lowest BCUT2D eigenvalue weighted by molar-refractivity contribution is -0.116. The average molecular weight is 274 g/mol. The van der Waals surface area contributed by atoms with E-state index in [1.165, 1.54) is 0 Å². The number of carbonyl (C=O) groups excluding carboxylic acids is 1. The number of rotatable bonds is 7. The van der Waals surface area contributed by atoms with Crippen molar-refractivity contribution in [2.75, 3.05) is 5.88 Å². The lowest BCUT2D eigenvalue weighted by atomic mass is 10.1. The van der Waals surface area contributed by atoms with Crippen LogP contribution in [-0.4, -0.2) is 20.4 Å². The number of alkyl halides is 1. The quantitative estimate of drug-likeness (QED) is 0.436. The van der Waals surface area contributed by atoms with Crippen molar-refractivity contribution in [3.63, 3.8) is 0 Å². The van der Waals surface area contributed by atoms with Crippen LogP contribution in [0, 0.1) is 0 Å². The largest absolute Gasteiger partial charge is 0.768 e. The molecule has 0 amide bonds. The molecule has 0 aliphatic carbocycles. The van der Waals surface area contributed by atoms with E-state index in [2.05, 4.69) is 0 Å². The van der Waals surface area contributed by atoms with Crippen molar-refractivity contribution >= 4 is 28.5 Å². The molecule has 0 radical (unpaired) electrons. The lowest BCUT2D eigenvalue weighted by Crippen LogP contribution is -1.99. The minimum atomic E-state index is -2.16. The van der Waals surface area contributed by atoms with E-state index in [-0.39, 0.29) is 11.7 Å². The van der Waals surface area contributed by atoms with Gasteiger partial charge in [-0.25, -0.2) is 0 Å². The Morgan fingerprint density at radius 3 is 2.41 bits per heavy atom. The van der Waals surface area contributed by atoms with Crippen molar-refractivity contribution < 1.29 is 13.6 Å². The van der Waals surface area contributed by atoms with Crippen molar-refractivity contribution in [3.05, 3.63) is 29.8 Å². The number of carbonyl (C=O) groups is 1. The highest BCUT2D eigenvalue weighted by Gasteiger charge is 2.00. The van der Waals surface area contributed by atoms with Gasteiger partial charge in [-0.2, -0.15) is 0 Å². The van der Waals surface area contributed by atoms with Gasteiger partial charge in [0.25, 0.3) is 0 Å². The molecule has 1 atom stereocenters. The molecule has 0 saturated carbocycles. The number of hydrogen-bond acceptors (Lipinski definition) is 3. The van der Waals surface area contributed by atoms with E-state index >= 15 is 0 Å². The maximum absolute atomic E-state index is 10.9. The number of Topliss-reactive ketones (excluding diaryl/α,β-unsaturated/α-hetero) is 1. The maximum Gasteiger partial charge on any atom is 0.147 e. The van der Waals surface area contributed by atoms with Gasteiger partial charge < -0.3 is 4.55 Å². The molecule has 0 bridgehead atoms. The third kappa shape index (κ3) is 5.44. The van der Waals surface area contributed by atoms with Crippen molar-refractivity contribution in [2.24, 2.45) is 0 Å². The van der Waals surface area contributed by atoms with Crippen molar-refractivity contribution in [3.8, 4) is 0 Å². The fourth-order valence-electron chi connectivity index (χ4n) is 1.49. The van der Waals surface area contributed by atoms with Gasteiger partial charge in [0, 0.05) is 11.3 Å². The first-order valence-corrected chi connectivity index (χ1v) is 7.00. The van der Waals surface area contributed by atoms with Crippen LogP contribution in [0.3, 0.4) is 0 Å². The Hall–Kier alpha value is -0.710. The summed E-state index contributed by atoms with van der Waals surface area (Å²) in [5, 5.41) is 0. The van der Waals surface area contributed by atoms with Crippen LogP contribution in [0.5, 0.6) is 0 Å². The number of halogens is 1. The molecular weight excluding hydrogens is 260 g/mol. The summed E-state index contributed by atoms with van der Waals surface area (Å²) in [7, 11) is 0. The second-order valence-electron chi connectivity index (χ2n) is 3.76. The minimum Gasteiger partial charge on any atom is -0.768 e. The summed E-state index contributed by atoms with van der Waals surface area (Å²) >= 11 is 3.23. The number of ketones is 1. The molecule has 1 unspecified atom stereocenters. The number of hydrogen-bond donors (Lipinski definition) is 0. The van der Waals surface area contributed by atoms with Gasteiger partial charge in [0.2, 0.25) is 0 Å². The smallest absolute Gasteiger partial charge is 0.147 e. The average Bonchev–Trinajstić information content (AvgIpc) is 2.34. The maximum atomic E-state index is 10.9. The van der Waals surface area contributed by atoms with E-state index in [0.717, 1.165) is 24.8 Å². The molecule has 3 nitrogen and oxygen atoms in total. The highest BCUT2D eigenvalue weighted by Crippen LogP contribution is 2.11. The molecule has 0 spiro atoms. The topological polar surface area (TPSA) is 57.2 Å². The molecule has 0 fully saturated rings. The van der Waals surface area contributed by atoms with Gasteiger partial charge in [0.15, 0.2) is 0 Å². The van der Waals surface area contributed by atoms with Crippen LogP contribution in [0.1, 0.15) is 24.8 Å². The Kier molecular flexibility index (Phi) is 6.40. The Labute approximate surface area is 108 Å². The number of aryl methyl sites for hydroxylation is 1. The van der Waals surface area contributed by atoms with Crippen LogP contribution in [0.4, 0.5) is 0 Å². The Morgan fingerprint density at radius 1 is 1.24 bits per heavy atom. The molecule has 5 heteroatoms. The monoisotopic (exact) mass is 273 g/mol. The molecule has 0 aliphatic rings. The molecule has 0 N–H and O–H groups in total. The summed E-state index contributed by atoms with van der Waals surface area (Å²) < 4.78 is 21.3. The summed E-state index contributed by atoms with van der Waals surface area (Å²) in [4.78, 5) is 11.2. The summed E-state index contributed by atoms with van der Waals surface area (Å²) in [6, 6.07) is 6.77. The molecule has 0 saturated heterocycles. The van der Waals surface area contributed by atoms with E-state index in [1.807, 2.05) is 0 Å². The minimum absolute atomic E-state index is 0.0729. The Bertz CT molecular complexity index is 389. The second-order valence-corrected chi connectivity index (χ2v) is 4.97. The van der Waals surface area contributed by atoms with E-state index in [0.29, 0.717) is 11.3 Å². The number of benzene rings is 1. The zero-order valence-electron chi connectivity index (χ0n) is 9.36. The summed E-state index contributed by atoms with van der Waals surface area (Å²) in [6.45, 7) is 0. The summed E-state index contributed by atoms with van der Waals surface area (Å²) in [6.07, 6.45) is 3.09. The molecule has 17 heavy (non-hydrogen) atoms. The third-order valence-corrected chi connectivity index (χ3v) is 3.39. The fraction of sp³-hybridized carbons (Fsp3) is 0.417. The van der Waals surface area contributed by atoms with Gasteiger partial charge >= 0.3 is 0 Å². The molecule has 0 aliphatic heterocycles. The predicted octanol–water partition coefficient (Wildman–Crippen LogP) is 2.45. The van der Waals surface area contributed by atoms with E-state index in [4.69, 9.17) is 11.6 Å². The van der Waals surface area contributed by atoms with Gasteiger partial charge in [0.1, 0.15) is 5.78 Å². The first-order chi connectivity index (χ1) is 8.13. The van der Waals surface area contributed by atoms with Crippen LogP contribution in [-0.2, 0) is 22.3 Å². The molecule has 94 valence electrons. The highest BCUT2D eigenvalue weighted by atomic mass is 35.5. The van der Waals surface area contributed by atoms with E-state index in [1.54, 1.807) is 24.3 Å². The molecule has 0 heterocycles. The Morgan fingerprint density at radius 2 is 1.88 bits per heavy atom. The predicted molar refractivity (Wildman–Crippen MR) is 66.9 cm³/mol. The summed E-state index contributed by atoms with van der Waals surface area (Å²) in [5.74, 6) is 0.160. The SMILES string of the molecule is O=C(CCl)CCCCc1ccc(S(=O)[O-])cc1. The molecular formula is C12H14ClO3S-. The summed E-state index contributed by atoms with van der Waals surface area (Å²) in [5.41, 5.74) is 1.08. The Balaban J connectivity index is 2.32. The van der Waals surface area contributed by atoms with Crippen molar-refractivity contribution in [1.29, 1.82) is 0 Å². The van der Waals surface area contributed by atoms with Gasteiger partial charge in [-0.15, -0.1) is 11.6 Å². The van der Waals surface area contributed by atoms with Gasteiger partial charge in [-0.05, 0) is 48.0 Å². The van der Waals surface area contributed by atoms with Crippen LogP contribution in [0.2, 0.25) is 0 Å². The normalized spacial score (nSPS) is 12.4. The molecule has 1 aromatic rings. The fourth-order valence-corrected chi connectivity index (χ4v) is 1.98. The van der Waals surface area contributed by atoms with Gasteiger partial charge in [-0.1, -0.05) is 12.1 Å². The third-order valence-electron chi connectivity index (χ3n) is 2.44. The second kappa shape index (κ2) is 7.58. The van der Waals surface area contributed by atoms with Gasteiger partial charge in [-0.3, -0.25) is 9.00 Å². The molecule has 1 aromatic carbocycles. The van der Waals surface area contributed by atoms with Crippen molar-refractivity contribution in [2.45, 2.75) is 30.6 Å². The number of unbranched alkanes of at least 4 members (excludes halogenated alkanes) is 1. The van der Waals surface area contributed by atoms with Crippen LogP contribution in [0.15, 0.2) is 29.2 Å². The molecule has 0 aromatic heterocycles. The van der Waals surface area contributed by atoms with Crippen LogP contribution >= 0.6 is 11.6 Å². The highest BCUT2D eigenvalue weighted by molar-refractivity contribution is 7.79. The van der Waals surface area contributed by atoms with Crippen LogP contribution in [0.25, 0.3) is 0 Å². The van der Waals surface area contributed by atoms with Gasteiger partial charge in [0.05, 0.1) is 5.88 Å². The zero-order chi connectivity index (χ0) is 12.7. The zero-order valence-corrected chi connectivity index (χ0v) is 10.9. The van der Waals surface area contributed by atoms with Crippen molar-refractivity contribution in [1.82, 2.24) is 0 Å². The lowest BCUT2D eigenvalue weighted by Gasteiger charge is -2.06. The van der Waals surface area contributed by atoms with E-state index < -0.39 is 11.1 Å².